The molecule has 0 saturated carbocycles. The molecule has 0 aliphatic carbocycles. The molecule has 1 heteroatoms. The lowest BCUT2D eigenvalue weighted by Gasteiger charge is -2.27. The van der Waals surface area contributed by atoms with Crippen LogP contribution in [0.5, 0.6) is 0 Å². The summed E-state index contributed by atoms with van der Waals surface area (Å²) < 4.78 is 0. The van der Waals surface area contributed by atoms with E-state index < -0.39 is 7.92 Å². The Morgan fingerprint density at radius 3 is 1.09 bits per heavy atom. The van der Waals surface area contributed by atoms with E-state index in [9.17, 15) is 0 Å². The Hall–Kier alpha value is -5.55. The van der Waals surface area contributed by atoms with Crippen molar-refractivity contribution in [2.75, 3.05) is 0 Å². The summed E-state index contributed by atoms with van der Waals surface area (Å²) in [5.41, 5.74) is 9.98. The smallest absolute Gasteiger partial charge is 0.00135 e. The van der Waals surface area contributed by atoms with Crippen molar-refractivity contribution in [3.8, 4) is 44.5 Å². The van der Waals surface area contributed by atoms with Crippen LogP contribution in [0.25, 0.3) is 55.3 Å². The van der Waals surface area contributed by atoms with Crippen molar-refractivity contribution in [3.63, 3.8) is 0 Å². The molecule has 0 aromatic heterocycles. The second kappa shape index (κ2) is 13.1. The Kier molecular flexibility index (Phi) is 8.02. The fourth-order valence-corrected chi connectivity index (χ4v) is 9.33. The Balaban J connectivity index is 1.56. The summed E-state index contributed by atoms with van der Waals surface area (Å²) in [6.07, 6.45) is 0. The van der Waals surface area contributed by atoms with Crippen LogP contribution in [-0.4, -0.2) is 0 Å². The minimum absolute atomic E-state index is 0.842. The van der Waals surface area contributed by atoms with Gasteiger partial charge in [-0.15, -0.1) is 0 Å². The lowest BCUT2D eigenvalue weighted by Crippen LogP contribution is -2.22. The maximum Gasteiger partial charge on any atom is -0.00135 e. The van der Waals surface area contributed by atoms with E-state index in [-0.39, 0.29) is 0 Å². The summed E-state index contributed by atoms with van der Waals surface area (Å²) in [7, 11) is -0.842. The Morgan fingerprint density at radius 1 is 0.255 bits per heavy atom. The Morgan fingerprint density at radius 2 is 0.596 bits per heavy atom. The van der Waals surface area contributed by atoms with Crippen LogP contribution in [0.2, 0.25) is 0 Å². The number of rotatable bonds is 7. The van der Waals surface area contributed by atoms with Crippen LogP contribution >= 0.6 is 7.92 Å². The monoisotopic (exact) mass is 616 g/mol. The van der Waals surface area contributed by atoms with Gasteiger partial charge in [-0.25, -0.2) is 0 Å². The van der Waals surface area contributed by atoms with Gasteiger partial charge in [0.05, 0.1) is 0 Å². The molecule has 0 nitrogen and oxygen atoms in total. The van der Waals surface area contributed by atoms with Crippen LogP contribution in [0.3, 0.4) is 0 Å². The van der Waals surface area contributed by atoms with Gasteiger partial charge in [-0.3, -0.25) is 0 Å². The minimum Gasteiger partial charge on any atom is -0.0622 e. The van der Waals surface area contributed by atoms with Gasteiger partial charge in [0, 0.05) is 0 Å². The fraction of sp³-hybridized carbons (Fsp3) is 0. The van der Waals surface area contributed by atoms with Crippen molar-refractivity contribution in [1.82, 2.24) is 0 Å². The fourth-order valence-electron chi connectivity index (χ4n) is 6.87. The third-order valence-electron chi connectivity index (χ3n) is 8.85. The molecule has 0 aliphatic rings. The zero-order valence-corrected chi connectivity index (χ0v) is 26.9. The average Bonchev–Trinajstić information content (AvgIpc) is 3.16. The minimum atomic E-state index is -0.842. The predicted molar refractivity (Wildman–Crippen MR) is 204 cm³/mol. The third kappa shape index (κ3) is 5.48. The maximum atomic E-state index is 2.36. The maximum absolute atomic E-state index is 2.36. The van der Waals surface area contributed by atoms with Crippen LogP contribution in [-0.2, 0) is 0 Å². The molecule has 8 rings (SSSR count). The normalized spacial score (nSPS) is 11.2. The first-order valence-corrected chi connectivity index (χ1v) is 17.5. The molecule has 0 heterocycles. The molecule has 0 N–H and O–H groups in total. The van der Waals surface area contributed by atoms with E-state index in [1.807, 2.05) is 0 Å². The van der Waals surface area contributed by atoms with Gasteiger partial charge < -0.3 is 0 Å². The molecule has 0 fully saturated rings. The number of hydrogen-bond acceptors (Lipinski definition) is 0. The second-order valence-electron chi connectivity index (χ2n) is 11.7. The van der Waals surface area contributed by atoms with Crippen molar-refractivity contribution in [1.29, 1.82) is 0 Å². The number of fused-ring (bicyclic) bond motifs is 1. The molecule has 0 spiro atoms. The first-order valence-electron chi connectivity index (χ1n) is 16.1. The highest BCUT2D eigenvalue weighted by Gasteiger charge is 2.27. The molecule has 0 radical (unpaired) electrons. The summed E-state index contributed by atoms with van der Waals surface area (Å²) >= 11 is 0. The molecule has 222 valence electrons. The van der Waals surface area contributed by atoms with E-state index in [0.717, 1.165) is 0 Å². The van der Waals surface area contributed by atoms with Gasteiger partial charge >= 0.3 is 0 Å². The highest BCUT2D eigenvalue weighted by molar-refractivity contribution is 7.80. The van der Waals surface area contributed by atoms with Crippen molar-refractivity contribution in [2.45, 2.75) is 0 Å². The molecule has 8 aromatic rings. The van der Waals surface area contributed by atoms with E-state index in [0.29, 0.717) is 0 Å². The van der Waals surface area contributed by atoms with E-state index in [1.165, 1.54) is 71.2 Å². The van der Waals surface area contributed by atoms with Gasteiger partial charge in [0.15, 0.2) is 0 Å². The summed E-state index contributed by atoms with van der Waals surface area (Å²) in [5.74, 6) is 0. The first-order chi connectivity index (χ1) is 23.4. The van der Waals surface area contributed by atoms with Crippen molar-refractivity contribution in [3.05, 3.63) is 200 Å². The van der Waals surface area contributed by atoms with Crippen LogP contribution in [0.15, 0.2) is 200 Å². The number of benzene rings is 8. The van der Waals surface area contributed by atoms with Gasteiger partial charge in [0.1, 0.15) is 0 Å². The summed E-state index contributed by atoms with van der Waals surface area (Å²) in [4.78, 5) is 0. The van der Waals surface area contributed by atoms with Gasteiger partial charge in [0.2, 0.25) is 0 Å². The topological polar surface area (TPSA) is 0 Å². The Bertz CT molecular complexity index is 2220. The molecule has 0 bridgehead atoms. The SMILES string of the molecule is c1ccc(-c2c(-c3ccccc3)c(-c3ccccc3P(c3ccccc3)c3ccccc3)c3ccccc3c2-c2ccccc2)cc1. The zero-order chi connectivity index (χ0) is 31.4. The molecule has 8 aromatic carbocycles. The zero-order valence-electron chi connectivity index (χ0n) is 26.0. The highest BCUT2D eigenvalue weighted by atomic mass is 31.1. The molecular formula is C46H33P. The summed E-state index contributed by atoms with van der Waals surface area (Å²) in [5, 5.41) is 6.56. The van der Waals surface area contributed by atoms with E-state index in [1.54, 1.807) is 0 Å². The molecule has 0 saturated heterocycles. The van der Waals surface area contributed by atoms with E-state index in [4.69, 9.17) is 0 Å². The molecule has 0 aliphatic heterocycles. The largest absolute Gasteiger partial charge is 0.0622 e. The first kappa shape index (κ1) is 28.9. The van der Waals surface area contributed by atoms with Gasteiger partial charge in [-0.05, 0) is 79.1 Å². The molecule has 0 unspecified atom stereocenters. The van der Waals surface area contributed by atoms with E-state index >= 15 is 0 Å². The van der Waals surface area contributed by atoms with Crippen LogP contribution in [0.1, 0.15) is 0 Å². The summed E-state index contributed by atoms with van der Waals surface area (Å²) in [6, 6.07) is 73.0. The number of hydrogen-bond donors (Lipinski definition) is 0. The third-order valence-corrected chi connectivity index (χ3v) is 11.3. The Labute approximate surface area is 278 Å². The van der Waals surface area contributed by atoms with Crippen LogP contribution < -0.4 is 15.9 Å². The van der Waals surface area contributed by atoms with Crippen LogP contribution in [0, 0.1) is 0 Å². The van der Waals surface area contributed by atoms with Gasteiger partial charge in [-0.1, -0.05) is 200 Å². The van der Waals surface area contributed by atoms with E-state index in [2.05, 4.69) is 200 Å². The predicted octanol–water partition coefficient (Wildman–Crippen LogP) is 11.3. The average molecular weight is 617 g/mol. The quantitative estimate of drug-likeness (QED) is 0.156. The van der Waals surface area contributed by atoms with Crippen molar-refractivity contribution in [2.24, 2.45) is 0 Å². The molecule has 47 heavy (non-hydrogen) atoms. The second-order valence-corrected chi connectivity index (χ2v) is 13.9. The lowest BCUT2D eigenvalue weighted by atomic mass is 9.79. The van der Waals surface area contributed by atoms with Crippen molar-refractivity contribution < 1.29 is 0 Å². The van der Waals surface area contributed by atoms with Gasteiger partial charge in [-0.2, -0.15) is 0 Å². The molecule has 0 amide bonds. The molecule has 0 atom stereocenters. The standard InChI is InChI=1S/C46H33P/c1-6-20-34(21-7-1)43-39-30-16-17-31-40(39)46(45(36-24-10-3-11-25-36)44(43)35-22-8-2-9-23-35)41-32-18-19-33-42(41)47(37-26-12-4-13-27-37)38-28-14-5-15-29-38/h1-33H. The lowest BCUT2D eigenvalue weighted by molar-refractivity contribution is 1.57. The van der Waals surface area contributed by atoms with Crippen molar-refractivity contribution >= 4 is 34.6 Å². The molecular weight excluding hydrogens is 583 g/mol. The highest BCUT2D eigenvalue weighted by Crippen LogP contribution is 2.51. The van der Waals surface area contributed by atoms with Crippen LogP contribution in [0.4, 0.5) is 0 Å². The van der Waals surface area contributed by atoms with Gasteiger partial charge in [0.25, 0.3) is 0 Å². The summed E-state index contributed by atoms with van der Waals surface area (Å²) in [6.45, 7) is 0.